The molecule has 0 saturated heterocycles. The lowest BCUT2D eigenvalue weighted by atomic mass is 9.79. The highest BCUT2D eigenvalue weighted by molar-refractivity contribution is 5.84. The van der Waals surface area contributed by atoms with Crippen LogP contribution in [0.4, 0.5) is 0 Å². The van der Waals surface area contributed by atoms with Crippen LogP contribution in [0.15, 0.2) is 0 Å². The Morgan fingerprint density at radius 1 is 0.941 bits per heavy atom. The summed E-state index contributed by atoms with van der Waals surface area (Å²) >= 11 is 0. The fraction of sp³-hybridized carbons (Fsp3) is 0.846. The van der Waals surface area contributed by atoms with Crippen molar-refractivity contribution in [3.63, 3.8) is 0 Å². The van der Waals surface area contributed by atoms with Crippen LogP contribution in [0.5, 0.6) is 0 Å². The van der Waals surface area contributed by atoms with Gasteiger partial charge in [0.05, 0.1) is 26.1 Å². The lowest BCUT2D eigenvalue weighted by Crippen LogP contribution is -2.36. The number of hydrogen-bond donors (Lipinski definition) is 0. The molecule has 0 radical (unpaired) electrons. The Hall–Kier alpha value is -1.06. The highest BCUT2D eigenvalue weighted by Crippen LogP contribution is 2.74. The summed E-state index contributed by atoms with van der Waals surface area (Å²) in [5.41, 5.74) is 0.276. The third kappa shape index (κ3) is 1.24. The standard InChI is InChI=1S/C13H18O4/c1-16-11(14)9-7-3-4-8(13(7)5-6-13)10(9)12(15)17-2/h7-10H,3-6H2,1-2H3. The van der Waals surface area contributed by atoms with Crippen LogP contribution in [0.3, 0.4) is 0 Å². The molecule has 3 aliphatic rings. The molecule has 4 heteroatoms. The van der Waals surface area contributed by atoms with Gasteiger partial charge in [0.15, 0.2) is 0 Å². The van der Waals surface area contributed by atoms with E-state index in [1.165, 1.54) is 27.1 Å². The van der Waals surface area contributed by atoms with Crippen molar-refractivity contribution >= 4 is 11.9 Å². The van der Waals surface area contributed by atoms with Gasteiger partial charge >= 0.3 is 11.9 Å². The zero-order valence-corrected chi connectivity index (χ0v) is 10.3. The van der Waals surface area contributed by atoms with Gasteiger partial charge in [-0.2, -0.15) is 0 Å². The number of ether oxygens (including phenoxy) is 2. The summed E-state index contributed by atoms with van der Waals surface area (Å²) in [7, 11) is 2.81. The van der Waals surface area contributed by atoms with Crippen LogP contribution in [0, 0.1) is 29.1 Å². The Kier molecular flexibility index (Phi) is 2.25. The maximum Gasteiger partial charge on any atom is 0.309 e. The number of hydrogen-bond acceptors (Lipinski definition) is 4. The minimum absolute atomic E-state index is 0.223. The smallest absolute Gasteiger partial charge is 0.309 e. The summed E-state index contributed by atoms with van der Waals surface area (Å²) < 4.78 is 9.77. The highest BCUT2D eigenvalue weighted by atomic mass is 16.5. The van der Waals surface area contributed by atoms with Gasteiger partial charge < -0.3 is 9.47 Å². The van der Waals surface area contributed by atoms with Crippen LogP contribution in [-0.2, 0) is 19.1 Å². The summed E-state index contributed by atoms with van der Waals surface area (Å²) in [6.45, 7) is 0. The van der Waals surface area contributed by atoms with Crippen molar-refractivity contribution in [3.05, 3.63) is 0 Å². The fourth-order valence-corrected chi connectivity index (χ4v) is 4.56. The van der Waals surface area contributed by atoms with Gasteiger partial charge in [-0.25, -0.2) is 0 Å². The lowest BCUT2D eigenvalue weighted by Gasteiger charge is -2.26. The minimum Gasteiger partial charge on any atom is -0.469 e. The molecule has 3 fully saturated rings. The second kappa shape index (κ2) is 3.47. The van der Waals surface area contributed by atoms with Gasteiger partial charge in [0, 0.05) is 0 Å². The van der Waals surface area contributed by atoms with Gasteiger partial charge in [0.1, 0.15) is 0 Å². The van der Waals surface area contributed by atoms with Gasteiger partial charge in [-0.3, -0.25) is 9.59 Å². The Labute approximate surface area is 101 Å². The van der Waals surface area contributed by atoms with Crippen molar-refractivity contribution in [2.24, 2.45) is 29.1 Å². The van der Waals surface area contributed by atoms with E-state index < -0.39 is 0 Å². The van der Waals surface area contributed by atoms with E-state index in [4.69, 9.17) is 9.47 Å². The van der Waals surface area contributed by atoms with E-state index in [9.17, 15) is 9.59 Å². The van der Waals surface area contributed by atoms with Crippen molar-refractivity contribution < 1.29 is 19.1 Å². The molecule has 17 heavy (non-hydrogen) atoms. The van der Waals surface area contributed by atoms with Crippen molar-refractivity contribution in [2.75, 3.05) is 14.2 Å². The molecule has 0 heterocycles. The summed E-state index contributed by atoms with van der Waals surface area (Å²) in [5, 5.41) is 0. The third-order valence-corrected chi connectivity index (χ3v) is 5.29. The van der Waals surface area contributed by atoms with Crippen LogP contribution in [-0.4, -0.2) is 26.2 Å². The number of carbonyl (C=O) groups is 2. The molecule has 0 aromatic heterocycles. The minimum atomic E-state index is -0.256. The maximum absolute atomic E-state index is 11.9. The van der Waals surface area contributed by atoms with E-state index >= 15 is 0 Å². The van der Waals surface area contributed by atoms with E-state index in [-0.39, 0.29) is 29.2 Å². The molecule has 0 aromatic carbocycles. The van der Waals surface area contributed by atoms with Gasteiger partial charge in [-0.15, -0.1) is 0 Å². The second-order valence-electron chi connectivity index (χ2n) is 5.62. The predicted molar refractivity (Wildman–Crippen MR) is 58.9 cm³/mol. The molecular formula is C13H18O4. The molecule has 0 aliphatic heterocycles. The number of rotatable bonds is 2. The van der Waals surface area contributed by atoms with Crippen LogP contribution >= 0.6 is 0 Å². The monoisotopic (exact) mass is 238 g/mol. The van der Waals surface area contributed by atoms with E-state index in [0.717, 1.165) is 12.8 Å². The first-order valence-corrected chi connectivity index (χ1v) is 6.31. The van der Waals surface area contributed by atoms with Gasteiger partial charge in [0.2, 0.25) is 0 Å². The topological polar surface area (TPSA) is 52.6 Å². The Morgan fingerprint density at radius 2 is 1.35 bits per heavy atom. The summed E-state index contributed by atoms with van der Waals surface area (Å²) in [4.78, 5) is 23.8. The average Bonchev–Trinajstić information content (AvgIpc) is 3.02. The number of esters is 2. The van der Waals surface area contributed by atoms with Crippen molar-refractivity contribution in [3.8, 4) is 0 Å². The SMILES string of the molecule is COC(=O)C1C(C(=O)OC)C2CCC1C21CC1. The van der Waals surface area contributed by atoms with Crippen LogP contribution in [0.25, 0.3) is 0 Å². The van der Waals surface area contributed by atoms with E-state index in [2.05, 4.69) is 0 Å². The Bertz CT molecular complexity index is 340. The highest BCUT2D eigenvalue weighted by Gasteiger charge is 2.72. The van der Waals surface area contributed by atoms with Crippen molar-refractivity contribution in [2.45, 2.75) is 25.7 Å². The predicted octanol–water partition coefficient (Wildman–Crippen LogP) is 1.38. The molecular weight excluding hydrogens is 220 g/mol. The van der Waals surface area contributed by atoms with Crippen molar-refractivity contribution in [1.82, 2.24) is 0 Å². The molecule has 3 saturated carbocycles. The molecule has 94 valence electrons. The summed E-state index contributed by atoms with van der Waals surface area (Å²) in [6.07, 6.45) is 4.47. The quantitative estimate of drug-likeness (QED) is 0.682. The third-order valence-electron chi connectivity index (χ3n) is 5.29. The molecule has 2 bridgehead atoms. The normalized spacial score (nSPS) is 40.4. The molecule has 4 atom stereocenters. The Morgan fingerprint density at radius 3 is 1.65 bits per heavy atom. The fourth-order valence-electron chi connectivity index (χ4n) is 4.56. The lowest BCUT2D eigenvalue weighted by molar-refractivity contribution is -0.160. The first kappa shape index (κ1) is 11.1. The van der Waals surface area contributed by atoms with Gasteiger partial charge in [-0.05, 0) is 42.9 Å². The molecule has 1 spiro atoms. The van der Waals surface area contributed by atoms with E-state index in [1.54, 1.807) is 0 Å². The van der Waals surface area contributed by atoms with E-state index in [1.807, 2.05) is 0 Å². The number of methoxy groups -OCH3 is 2. The van der Waals surface area contributed by atoms with E-state index in [0.29, 0.717) is 11.8 Å². The first-order chi connectivity index (χ1) is 8.15. The zero-order chi connectivity index (χ0) is 12.2. The second-order valence-corrected chi connectivity index (χ2v) is 5.62. The molecule has 0 amide bonds. The summed E-state index contributed by atoms with van der Waals surface area (Å²) in [5.74, 6) is -0.256. The maximum atomic E-state index is 11.9. The van der Waals surface area contributed by atoms with Crippen LogP contribution in [0.1, 0.15) is 25.7 Å². The number of carbonyl (C=O) groups excluding carboxylic acids is 2. The zero-order valence-electron chi connectivity index (χ0n) is 10.3. The Balaban J connectivity index is 1.95. The first-order valence-electron chi connectivity index (χ1n) is 6.31. The molecule has 3 aliphatic carbocycles. The summed E-state index contributed by atoms with van der Waals surface area (Å²) in [6, 6.07) is 0. The molecule has 0 N–H and O–H groups in total. The molecule has 0 aromatic rings. The van der Waals surface area contributed by atoms with Crippen molar-refractivity contribution in [1.29, 1.82) is 0 Å². The molecule has 3 rings (SSSR count). The molecule has 4 unspecified atom stereocenters. The van der Waals surface area contributed by atoms with Gasteiger partial charge in [0.25, 0.3) is 0 Å². The average molecular weight is 238 g/mol. The van der Waals surface area contributed by atoms with Crippen LogP contribution < -0.4 is 0 Å². The molecule has 4 nitrogen and oxygen atoms in total. The van der Waals surface area contributed by atoms with Gasteiger partial charge in [-0.1, -0.05) is 0 Å². The largest absolute Gasteiger partial charge is 0.469 e. The van der Waals surface area contributed by atoms with Crippen LogP contribution in [0.2, 0.25) is 0 Å².